The third-order valence-corrected chi connectivity index (χ3v) is 4.08. The summed E-state index contributed by atoms with van der Waals surface area (Å²) in [4.78, 5) is 18.5. The lowest BCUT2D eigenvalue weighted by Gasteiger charge is -2.44. The van der Waals surface area contributed by atoms with Gasteiger partial charge in [0.05, 0.1) is 5.69 Å². The van der Waals surface area contributed by atoms with Crippen LogP contribution in [0, 0.1) is 5.92 Å². The van der Waals surface area contributed by atoms with E-state index in [-0.39, 0.29) is 5.91 Å². The van der Waals surface area contributed by atoms with Gasteiger partial charge in [-0.15, -0.1) is 0 Å². The van der Waals surface area contributed by atoms with Crippen LogP contribution in [0.25, 0.3) is 6.08 Å². The molecule has 4 rings (SSSR count). The first-order valence-electron chi connectivity index (χ1n) is 6.93. The molecule has 3 aliphatic rings. The van der Waals surface area contributed by atoms with Crippen molar-refractivity contribution in [2.75, 3.05) is 19.6 Å². The van der Waals surface area contributed by atoms with Crippen LogP contribution in [0.2, 0.25) is 0 Å². The molecule has 19 heavy (non-hydrogen) atoms. The summed E-state index contributed by atoms with van der Waals surface area (Å²) in [6.07, 6.45) is 7.51. The van der Waals surface area contributed by atoms with Crippen molar-refractivity contribution >= 4 is 12.0 Å². The average molecular weight is 257 g/mol. The van der Waals surface area contributed by atoms with Crippen LogP contribution in [0.1, 0.15) is 18.5 Å². The van der Waals surface area contributed by atoms with Gasteiger partial charge in [0.15, 0.2) is 0 Å². The van der Waals surface area contributed by atoms with Gasteiger partial charge >= 0.3 is 0 Å². The first kappa shape index (κ1) is 12.4. The number of nitrogens with zero attached hydrogens (tertiary/aromatic N) is 2. The molecular weight excluding hydrogens is 238 g/mol. The fourth-order valence-electron chi connectivity index (χ4n) is 3.00. The van der Waals surface area contributed by atoms with E-state index >= 15 is 0 Å². The highest BCUT2D eigenvalue weighted by Crippen LogP contribution is 2.27. The summed E-state index contributed by atoms with van der Waals surface area (Å²) < 4.78 is 0. The van der Waals surface area contributed by atoms with Crippen molar-refractivity contribution in [3.63, 3.8) is 0 Å². The molecule has 4 heterocycles. The number of nitrogens with one attached hydrogen (secondary N) is 1. The molecule has 3 fully saturated rings. The summed E-state index contributed by atoms with van der Waals surface area (Å²) in [5.41, 5.74) is 0.812. The number of rotatable bonds is 3. The van der Waals surface area contributed by atoms with Gasteiger partial charge in [0.25, 0.3) is 0 Å². The van der Waals surface area contributed by atoms with Gasteiger partial charge in [-0.3, -0.25) is 9.78 Å². The van der Waals surface area contributed by atoms with Crippen LogP contribution in [0.4, 0.5) is 0 Å². The predicted octanol–water partition coefficient (Wildman–Crippen LogP) is 1.31. The molecular formula is C15H19N3O. The highest BCUT2D eigenvalue weighted by molar-refractivity contribution is 5.91. The topological polar surface area (TPSA) is 45.2 Å². The number of carbonyl (C=O) groups is 1. The minimum absolute atomic E-state index is 0.00981. The Kier molecular flexibility index (Phi) is 3.60. The molecule has 4 heteroatoms. The number of hydrogen-bond acceptors (Lipinski definition) is 3. The van der Waals surface area contributed by atoms with Crippen LogP contribution < -0.4 is 5.32 Å². The molecule has 0 radical (unpaired) electrons. The lowest BCUT2D eigenvalue weighted by atomic mass is 9.84. The Labute approximate surface area is 113 Å². The fraction of sp³-hybridized carbons (Fsp3) is 0.467. The van der Waals surface area contributed by atoms with Crippen LogP contribution in [-0.2, 0) is 4.79 Å². The Balaban J connectivity index is 1.55. The predicted molar refractivity (Wildman–Crippen MR) is 74.4 cm³/mol. The maximum atomic E-state index is 11.9. The van der Waals surface area contributed by atoms with Gasteiger partial charge in [-0.1, -0.05) is 6.07 Å². The molecule has 0 saturated carbocycles. The van der Waals surface area contributed by atoms with E-state index in [4.69, 9.17) is 0 Å². The van der Waals surface area contributed by atoms with Crippen molar-refractivity contribution in [3.8, 4) is 0 Å². The number of pyridine rings is 1. The fourth-order valence-corrected chi connectivity index (χ4v) is 3.00. The molecule has 0 spiro atoms. The minimum atomic E-state index is -0.00981. The van der Waals surface area contributed by atoms with Crippen LogP contribution >= 0.6 is 0 Å². The largest absolute Gasteiger partial charge is 0.348 e. The van der Waals surface area contributed by atoms with Gasteiger partial charge in [-0.2, -0.15) is 0 Å². The summed E-state index contributed by atoms with van der Waals surface area (Å²) in [5.74, 6) is 0.654. The zero-order valence-electron chi connectivity index (χ0n) is 11.0. The van der Waals surface area contributed by atoms with Gasteiger partial charge in [-0.25, -0.2) is 0 Å². The molecule has 1 aromatic heterocycles. The van der Waals surface area contributed by atoms with Gasteiger partial charge in [0, 0.05) is 24.9 Å². The Morgan fingerprint density at radius 3 is 2.84 bits per heavy atom. The van der Waals surface area contributed by atoms with E-state index in [0.717, 1.165) is 12.2 Å². The van der Waals surface area contributed by atoms with Crippen molar-refractivity contribution in [3.05, 3.63) is 36.2 Å². The zero-order valence-corrected chi connectivity index (χ0v) is 11.0. The van der Waals surface area contributed by atoms with E-state index in [1.807, 2.05) is 18.2 Å². The van der Waals surface area contributed by atoms with Crippen molar-refractivity contribution in [1.82, 2.24) is 15.2 Å². The summed E-state index contributed by atoms with van der Waals surface area (Å²) >= 11 is 0. The molecule has 100 valence electrons. The van der Waals surface area contributed by atoms with Crippen LogP contribution in [-0.4, -0.2) is 41.5 Å². The van der Waals surface area contributed by atoms with E-state index in [1.54, 1.807) is 18.3 Å². The molecule has 3 saturated heterocycles. The number of amides is 1. The first-order valence-corrected chi connectivity index (χ1v) is 6.93. The number of piperidine rings is 3. The SMILES string of the molecule is O=C(C=Cc1ccccn1)N[C@H]1CN2CCC1CC2. The lowest BCUT2D eigenvalue weighted by molar-refractivity contribution is -0.118. The number of carbonyl (C=O) groups excluding carboxylic acids is 1. The monoisotopic (exact) mass is 257 g/mol. The number of aromatic nitrogens is 1. The van der Waals surface area contributed by atoms with Gasteiger partial charge < -0.3 is 10.2 Å². The molecule has 1 atom stereocenters. The highest BCUT2D eigenvalue weighted by Gasteiger charge is 2.34. The maximum absolute atomic E-state index is 11.9. The molecule has 0 aromatic carbocycles. The van der Waals surface area contributed by atoms with E-state index in [9.17, 15) is 4.79 Å². The van der Waals surface area contributed by atoms with E-state index in [2.05, 4.69) is 15.2 Å². The molecule has 1 aromatic rings. The van der Waals surface area contributed by atoms with Gasteiger partial charge in [-0.05, 0) is 50.1 Å². The third-order valence-electron chi connectivity index (χ3n) is 4.08. The maximum Gasteiger partial charge on any atom is 0.244 e. The summed E-state index contributed by atoms with van der Waals surface area (Å²) in [6.45, 7) is 3.40. The number of hydrogen-bond donors (Lipinski definition) is 1. The van der Waals surface area contributed by atoms with Crippen LogP contribution in [0.3, 0.4) is 0 Å². The van der Waals surface area contributed by atoms with Crippen molar-refractivity contribution in [1.29, 1.82) is 0 Å². The third kappa shape index (κ3) is 3.01. The second kappa shape index (κ2) is 5.53. The Morgan fingerprint density at radius 1 is 1.37 bits per heavy atom. The van der Waals surface area contributed by atoms with Crippen molar-refractivity contribution in [2.45, 2.75) is 18.9 Å². The van der Waals surface area contributed by atoms with Crippen LogP contribution in [0.5, 0.6) is 0 Å². The minimum Gasteiger partial charge on any atom is -0.348 e. The lowest BCUT2D eigenvalue weighted by Crippen LogP contribution is -2.57. The van der Waals surface area contributed by atoms with E-state index in [0.29, 0.717) is 12.0 Å². The summed E-state index contributed by atoms with van der Waals surface area (Å²) in [5, 5.41) is 3.13. The summed E-state index contributed by atoms with van der Waals surface area (Å²) in [6, 6.07) is 5.99. The molecule has 4 nitrogen and oxygen atoms in total. The Morgan fingerprint density at radius 2 is 2.21 bits per heavy atom. The van der Waals surface area contributed by atoms with Crippen molar-refractivity contribution < 1.29 is 4.79 Å². The average Bonchev–Trinajstić information content (AvgIpc) is 2.47. The Bertz CT molecular complexity index is 464. The molecule has 1 amide bonds. The second-order valence-corrected chi connectivity index (χ2v) is 5.34. The molecule has 2 bridgehead atoms. The van der Waals surface area contributed by atoms with Gasteiger partial charge in [0.1, 0.15) is 0 Å². The molecule has 3 aliphatic heterocycles. The van der Waals surface area contributed by atoms with E-state index < -0.39 is 0 Å². The molecule has 0 unspecified atom stereocenters. The van der Waals surface area contributed by atoms with Crippen LogP contribution in [0.15, 0.2) is 30.5 Å². The summed E-state index contributed by atoms with van der Waals surface area (Å²) in [7, 11) is 0. The zero-order chi connectivity index (χ0) is 13.1. The number of fused-ring (bicyclic) bond motifs is 3. The normalized spacial score (nSPS) is 29.6. The van der Waals surface area contributed by atoms with Crippen molar-refractivity contribution in [2.24, 2.45) is 5.92 Å². The molecule has 0 aliphatic carbocycles. The first-order chi connectivity index (χ1) is 9.31. The van der Waals surface area contributed by atoms with Gasteiger partial charge in [0.2, 0.25) is 5.91 Å². The van der Waals surface area contributed by atoms with E-state index in [1.165, 1.54) is 25.9 Å². The Hall–Kier alpha value is -1.68. The quantitative estimate of drug-likeness (QED) is 0.830. The second-order valence-electron chi connectivity index (χ2n) is 5.34. The smallest absolute Gasteiger partial charge is 0.244 e. The molecule has 1 N–H and O–H groups in total. The standard InChI is InChI=1S/C15H19N3O/c19-15(5-4-13-3-1-2-8-16-13)17-14-11-18-9-6-12(14)7-10-18/h1-5,8,12,14H,6-7,9-11H2,(H,17,19)/t14-/m0/s1. The highest BCUT2D eigenvalue weighted by atomic mass is 16.1.